The van der Waals surface area contributed by atoms with Crippen LogP contribution in [0.15, 0.2) is 0 Å². The van der Waals surface area contributed by atoms with Gasteiger partial charge in [-0.1, -0.05) is 123 Å². The molecule has 3 aliphatic rings. The number of hydrogen-bond donors (Lipinski definition) is 0. The minimum atomic E-state index is 0.0164. The van der Waals surface area contributed by atoms with Gasteiger partial charge < -0.3 is 4.74 Å². The molecule has 0 amide bonds. The van der Waals surface area contributed by atoms with Crippen LogP contribution in [0.1, 0.15) is 137 Å². The SMILES string of the molecule is [B]C1(B2CC(C)(C)C(C)(C)C2)CCCCCC2CCC(CCCCCCCC)OC2CC1. The molecule has 1 saturated carbocycles. The van der Waals surface area contributed by atoms with E-state index in [4.69, 9.17) is 12.6 Å². The Bertz CT molecular complexity index is 543. The van der Waals surface area contributed by atoms with Gasteiger partial charge in [0.05, 0.1) is 20.1 Å². The van der Waals surface area contributed by atoms with Crippen LogP contribution >= 0.6 is 0 Å². The Balaban J connectivity index is 1.56. The predicted molar refractivity (Wildman–Crippen MR) is 143 cm³/mol. The topological polar surface area (TPSA) is 9.23 Å². The highest BCUT2D eigenvalue weighted by atomic mass is 16.5. The molecular formula is C29H54B2O. The molecule has 3 heteroatoms. The highest BCUT2D eigenvalue weighted by molar-refractivity contribution is 6.71. The van der Waals surface area contributed by atoms with Crippen molar-refractivity contribution in [1.82, 2.24) is 0 Å². The summed E-state index contributed by atoms with van der Waals surface area (Å²) >= 11 is 0. The highest BCUT2D eigenvalue weighted by Crippen LogP contribution is 2.59. The molecule has 2 saturated heterocycles. The van der Waals surface area contributed by atoms with E-state index in [0.29, 0.717) is 29.8 Å². The Morgan fingerprint density at radius 2 is 1.47 bits per heavy atom. The van der Waals surface area contributed by atoms with E-state index in [-0.39, 0.29) is 5.21 Å². The van der Waals surface area contributed by atoms with E-state index < -0.39 is 0 Å². The number of fused-ring (bicyclic) bond motifs is 1. The van der Waals surface area contributed by atoms with Crippen molar-refractivity contribution in [3.05, 3.63) is 0 Å². The van der Waals surface area contributed by atoms with Crippen LogP contribution in [-0.2, 0) is 4.74 Å². The molecule has 1 nitrogen and oxygen atoms in total. The van der Waals surface area contributed by atoms with E-state index in [1.165, 1.54) is 115 Å². The standard InChI is InChI=1S/C29H54B2O/c1-6-7-8-9-10-13-16-25-18-17-24-15-12-11-14-20-29(30,21-19-26(24)32-25)31-22-27(2,3)28(4,5)23-31/h24-26H,6-23H2,1-5H3. The second kappa shape index (κ2) is 11.7. The van der Waals surface area contributed by atoms with Gasteiger partial charge in [0.25, 0.3) is 0 Å². The Labute approximate surface area is 203 Å². The third-order valence-corrected chi connectivity index (χ3v) is 10.4. The maximum atomic E-state index is 7.34. The first-order valence-electron chi connectivity index (χ1n) is 14.6. The molecule has 0 aromatic carbocycles. The summed E-state index contributed by atoms with van der Waals surface area (Å²) < 4.78 is 6.83. The molecule has 3 fully saturated rings. The van der Waals surface area contributed by atoms with Gasteiger partial charge in [0.1, 0.15) is 6.71 Å². The summed E-state index contributed by atoms with van der Waals surface area (Å²) in [6.45, 7) is 12.9. The molecule has 2 radical (unpaired) electrons. The normalized spacial score (nSPS) is 35.4. The van der Waals surface area contributed by atoms with Gasteiger partial charge in [-0.2, -0.15) is 0 Å². The fourth-order valence-electron chi connectivity index (χ4n) is 7.26. The van der Waals surface area contributed by atoms with Crippen molar-refractivity contribution in [2.75, 3.05) is 0 Å². The predicted octanol–water partition coefficient (Wildman–Crippen LogP) is 9.07. The molecule has 1 aliphatic carbocycles. The summed E-state index contributed by atoms with van der Waals surface area (Å²) in [4.78, 5) is 0. The zero-order valence-corrected chi connectivity index (χ0v) is 22.5. The molecule has 4 unspecified atom stereocenters. The van der Waals surface area contributed by atoms with Gasteiger partial charge in [0.2, 0.25) is 0 Å². The van der Waals surface area contributed by atoms with Gasteiger partial charge in [-0.05, 0) is 48.9 Å². The molecule has 4 atom stereocenters. The monoisotopic (exact) mass is 440 g/mol. The van der Waals surface area contributed by atoms with Crippen molar-refractivity contribution >= 4 is 14.6 Å². The van der Waals surface area contributed by atoms with Crippen molar-refractivity contribution in [2.45, 2.75) is 167 Å². The largest absolute Gasteiger partial charge is 0.375 e. The second-order valence-corrected chi connectivity index (χ2v) is 13.4. The lowest BCUT2D eigenvalue weighted by molar-refractivity contribution is -0.0937. The van der Waals surface area contributed by atoms with Crippen LogP contribution in [0.2, 0.25) is 17.9 Å². The quantitative estimate of drug-likeness (QED) is 0.270. The second-order valence-electron chi connectivity index (χ2n) is 13.4. The molecule has 2 aliphatic heterocycles. The van der Waals surface area contributed by atoms with E-state index >= 15 is 0 Å². The first-order chi connectivity index (χ1) is 15.2. The lowest BCUT2D eigenvalue weighted by Crippen LogP contribution is -2.39. The van der Waals surface area contributed by atoms with E-state index in [2.05, 4.69) is 34.6 Å². The van der Waals surface area contributed by atoms with Crippen LogP contribution in [0.25, 0.3) is 0 Å². The Kier molecular flexibility index (Phi) is 9.74. The smallest absolute Gasteiger partial charge is 0.138 e. The van der Waals surface area contributed by atoms with Gasteiger partial charge in [-0.25, -0.2) is 0 Å². The zero-order chi connectivity index (χ0) is 23.2. The first-order valence-corrected chi connectivity index (χ1v) is 14.6. The Morgan fingerprint density at radius 1 is 0.781 bits per heavy atom. The maximum absolute atomic E-state index is 7.34. The zero-order valence-electron chi connectivity index (χ0n) is 22.5. The van der Waals surface area contributed by atoms with Gasteiger partial charge in [0, 0.05) is 0 Å². The molecule has 2 heterocycles. The lowest BCUT2D eigenvalue weighted by Gasteiger charge is -2.42. The summed E-state index contributed by atoms with van der Waals surface area (Å²) in [7, 11) is 7.34. The van der Waals surface area contributed by atoms with E-state index in [1.54, 1.807) is 0 Å². The average molecular weight is 440 g/mol. The lowest BCUT2D eigenvalue weighted by atomic mass is 9.23. The summed E-state index contributed by atoms with van der Waals surface area (Å²) in [5, 5.41) is 0.0164. The number of ether oxygens (including phenoxy) is 1. The fraction of sp³-hybridized carbons (Fsp3) is 1.00. The highest BCUT2D eigenvalue weighted by Gasteiger charge is 2.53. The van der Waals surface area contributed by atoms with Gasteiger partial charge in [-0.3, -0.25) is 0 Å². The molecule has 0 bridgehead atoms. The molecule has 3 rings (SSSR count). The minimum Gasteiger partial charge on any atom is -0.375 e. The van der Waals surface area contributed by atoms with Crippen molar-refractivity contribution in [1.29, 1.82) is 0 Å². The van der Waals surface area contributed by atoms with Crippen molar-refractivity contribution in [3.8, 4) is 0 Å². The summed E-state index contributed by atoms with van der Waals surface area (Å²) in [6, 6.07) is 0. The van der Waals surface area contributed by atoms with Crippen LogP contribution in [0, 0.1) is 16.7 Å². The molecule has 0 spiro atoms. The van der Waals surface area contributed by atoms with Crippen LogP contribution in [0.5, 0.6) is 0 Å². The third-order valence-electron chi connectivity index (χ3n) is 10.4. The molecule has 0 N–H and O–H groups in total. The number of hydrogen-bond acceptors (Lipinski definition) is 1. The van der Waals surface area contributed by atoms with E-state index in [9.17, 15) is 0 Å². The Hall–Kier alpha value is 0.0899. The van der Waals surface area contributed by atoms with Gasteiger partial charge >= 0.3 is 0 Å². The molecule has 0 aromatic rings. The third kappa shape index (κ3) is 6.82. The summed E-state index contributed by atoms with van der Waals surface area (Å²) in [5.74, 6) is 0.787. The first kappa shape index (κ1) is 26.7. The number of rotatable bonds is 8. The van der Waals surface area contributed by atoms with E-state index in [0.717, 1.165) is 5.92 Å². The Morgan fingerprint density at radius 3 is 2.19 bits per heavy atom. The summed E-state index contributed by atoms with van der Waals surface area (Å²) in [6.07, 6.45) is 24.9. The molecule has 0 aromatic heterocycles. The molecule has 32 heavy (non-hydrogen) atoms. The maximum Gasteiger partial charge on any atom is 0.138 e. The molecular weight excluding hydrogens is 386 g/mol. The average Bonchev–Trinajstić information content (AvgIpc) is 2.97. The number of unbranched alkanes of at least 4 members (excludes halogenated alkanes) is 5. The van der Waals surface area contributed by atoms with Crippen molar-refractivity contribution in [2.24, 2.45) is 16.7 Å². The van der Waals surface area contributed by atoms with Crippen LogP contribution < -0.4 is 0 Å². The van der Waals surface area contributed by atoms with Crippen LogP contribution in [0.3, 0.4) is 0 Å². The van der Waals surface area contributed by atoms with Crippen molar-refractivity contribution < 1.29 is 4.74 Å². The van der Waals surface area contributed by atoms with E-state index in [1.807, 2.05) is 0 Å². The van der Waals surface area contributed by atoms with Gasteiger partial charge in [-0.15, -0.1) is 0 Å². The minimum absolute atomic E-state index is 0.0164. The fourth-order valence-corrected chi connectivity index (χ4v) is 7.26. The van der Waals surface area contributed by atoms with Crippen LogP contribution in [-0.4, -0.2) is 26.8 Å². The van der Waals surface area contributed by atoms with Gasteiger partial charge in [0.15, 0.2) is 0 Å². The van der Waals surface area contributed by atoms with Crippen molar-refractivity contribution in [3.63, 3.8) is 0 Å². The molecule has 182 valence electrons. The van der Waals surface area contributed by atoms with Crippen LogP contribution in [0.4, 0.5) is 0 Å². The summed E-state index contributed by atoms with van der Waals surface area (Å²) in [5.41, 5.74) is 0.789.